The van der Waals surface area contributed by atoms with Crippen molar-refractivity contribution in [2.24, 2.45) is 11.8 Å². The van der Waals surface area contributed by atoms with Gasteiger partial charge in [-0.25, -0.2) is 0 Å². The Hall–Kier alpha value is -0.570. The van der Waals surface area contributed by atoms with Crippen molar-refractivity contribution in [3.05, 3.63) is 22.9 Å². The van der Waals surface area contributed by atoms with E-state index in [9.17, 15) is 0 Å². The summed E-state index contributed by atoms with van der Waals surface area (Å²) >= 11 is 1.62. The minimum absolute atomic E-state index is 0.437. The van der Waals surface area contributed by atoms with Crippen molar-refractivity contribution in [2.45, 2.75) is 27.7 Å². The van der Waals surface area contributed by atoms with E-state index in [-0.39, 0.29) is 0 Å². The zero-order valence-electron chi connectivity index (χ0n) is 9.33. The van der Waals surface area contributed by atoms with Gasteiger partial charge in [-0.3, -0.25) is 0 Å². The van der Waals surface area contributed by atoms with Crippen LogP contribution >= 0.6 is 11.9 Å². The van der Waals surface area contributed by atoms with Crippen LogP contribution in [0.1, 0.15) is 27.7 Å². The smallest absolute Gasteiger partial charge is 0.119 e. The number of hydrogen-bond donors (Lipinski definition) is 1. The highest BCUT2D eigenvalue weighted by atomic mass is 32.2. The van der Waals surface area contributed by atoms with Crippen molar-refractivity contribution in [3.8, 4) is 0 Å². The van der Waals surface area contributed by atoms with E-state index in [0.717, 1.165) is 5.76 Å². The standard InChI is InChI=1S/C11H19NOS/c1-8(2)10-11(9(3)4)13-6-5-7-14-12-10/h5,7-9,12H,6H2,1-4H3/b7-5-,11-10-. The molecular weight excluding hydrogens is 194 g/mol. The Kier molecular flexibility index (Phi) is 4.39. The minimum Gasteiger partial charge on any atom is -0.492 e. The fourth-order valence-electron chi connectivity index (χ4n) is 1.33. The van der Waals surface area contributed by atoms with Crippen molar-refractivity contribution < 1.29 is 4.74 Å². The molecule has 0 unspecified atom stereocenters. The molecular formula is C11H19NOS. The van der Waals surface area contributed by atoms with Gasteiger partial charge in [0.2, 0.25) is 0 Å². The zero-order valence-corrected chi connectivity index (χ0v) is 10.1. The third-order valence-electron chi connectivity index (χ3n) is 2.04. The molecule has 3 heteroatoms. The maximum atomic E-state index is 5.74. The summed E-state index contributed by atoms with van der Waals surface area (Å²) in [5.74, 6) is 2.01. The van der Waals surface area contributed by atoms with E-state index < -0.39 is 0 Å². The van der Waals surface area contributed by atoms with Gasteiger partial charge in [-0.1, -0.05) is 27.7 Å². The molecule has 0 fully saturated rings. The van der Waals surface area contributed by atoms with E-state index in [4.69, 9.17) is 4.74 Å². The Morgan fingerprint density at radius 1 is 1.29 bits per heavy atom. The monoisotopic (exact) mass is 213 g/mol. The van der Waals surface area contributed by atoms with Gasteiger partial charge in [-0.05, 0) is 29.3 Å². The molecule has 0 amide bonds. The van der Waals surface area contributed by atoms with Crippen LogP contribution < -0.4 is 4.72 Å². The average molecular weight is 213 g/mol. The molecule has 1 rings (SSSR count). The first-order chi connectivity index (χ1) is 6.63. The highest BCUT2D eigenvalue weighted by molar-refractivity contribution is 8.00. The quantitative estimate of drug-likeness (QED) is 0.711. The van der Waals surface area contributed by atoms with E-state index in [2.05, 4.69) is 32.4 Å². The molecule has 0 atom stereocenters. The van der Waals surface area contributed by atoms with Gasteiger partial charge < -0.3 is 9.46 Å². The Balaban J connectivity index is 2.88. The number of allylic oxidation sites excluding steroid dienone is 2. The van der Waals surface area contributed by atoms with Crippen LogP contribution in [0.25, 0.3) is 0 Å². The summed E-state index contributed by atoms with van der Waals surface area (Å²) < 4.78 is 9.07. The first kappa shape index (κ1) is 11.5. The predicted octanol–water partition coefficient (Wildman–Crippen LogP) is 3.29. The predicted molar refractivity (Wildman–Crippen MR) is 62.5 cm³/mol. The van der Waals surface area contributed by atoms with E-state index in [1.807, 2.05) is 11.5 Å². The van der Waals surface area contributed by atoms with Crippen molar-refractivity contribution in [3.63, 3.8) is 0 Å². The van der Waals surface area contributed by atoms with Crippen LogP contribution in [-0.2, 0) is 4.74 Å². The molecule has 0 aliphatic carbocycles. The normalized spacial score (nSPS) is 25.3. The van der Waals surface area contributed by atoms with Crippen molar-refractivity contribution in [1.29, 1.82) is 0 Å². The molecule has 0 saturated heterocycles. The topological polar surface area (TPSA) is 21.3 Å². The summed E-state index contributed by atoms with van der Waals surface area (Å²) in [4.78, 5) is 0. The molecule has 1 heterocycles. The maximum absolute atomic E-state index is 5.74. The highest BCUT2D eigenvalue weighted by Crippen LogP contribution is 2.23. The summed E-state index contributed by atoms with van der Waals surface area (Å²) in [6.07, 6.45) is 2.02. The average Bonchev–Trinajstić information content (AvgIpc) is 2.01. The van der Waals surface area contributed by atoms with E-state index >= 15 is 0 Å². The second-order valence-corrected chi connectivity index (χ2v) is 4.70. The Morgan fingerprint density at radius 2 is 2.00 bits per heavy atom. The summed E-state index contributed by atoms with van der Waals surface area (Å²) in [5.41, 5.74) is 1.22. The van der Waals surface area contributed by atoms with Gasteiger partial charge in [0.05, 0.1) is 5.70 Å². The van der Waals surface area contributed by atoms with Crippen molar-refractivity contribution in [1.82, 2.24) is 4.72 Å². The summed E-state index contributed by atoms with van der Waals surface area (Å²) in [6.45, 7) is 9.36. The molecule has 14 heavy (non-hydrogen) atoms. The highest BCUT2D eigenvalue weighted by Gasteiger charge is 2.16. The van der Waals surface area contributed by atoms with Crippen LogP contribution in [0.2, 0.25) is 0 Å². The van der Waals surface area contributed by atoms with Crippen LogP contribution in [0, 0.1) is 11.8 Å². The molecule has 0 bridgehead atoms. The molecule has 1 aliphatic rings. The summed E-state index contributed by atoms with van der Waals surface area (Å²) in [5, 5.41) is 2.03. The molecule has 0 aromatic carbocycles. The van der Waals surface area contributed by atoms with Gasteiger partial charge in [0.25, 0.3) is 0 Å². The van der Waals surface area contributed by atoms with Gasteiger partial charge in [-0.15, -0.1) is 0 Å². The Morgan fingerprint density at radius 3 is 2.57 bits per heavy atom. The summed E-state index contributed by atoms with van der Waals surface area (Å²) in [6, 6.07) is 0. The van der Waals surface area contributed by atoms with E-state index in [1.54, 1.807) is 11.9 Å². The lowest BCUT2D eigenvalue weighted by atomic mass is 10.0. The molecule has 0 saturated carbocycles. The molecule has 0 spiro atoms. The van der Waals surface area contributed by atoms with Crippen LogP contribution in [0.15, 0.2) is 22.9 Å². The molecule has 80 valence electrons. The lowest BCUT2D eigenvalue weighted by molar-refractivity contribution is 0.206. The van der Waals surface area contributed by atoms with Crippen LogP contribution in [0.3, 0.4) is 0 Å². The van der Waals surface area contributed by atoms with Crippen LogP contribution in [0.5, 0.6) is 0 Å². The SMILES string of the molecule is CC(C)/C1=C(\C(C)C)OC/C=C\SN1. The molecule has 2 nitrogen and oxygen atoms in total. The Labute approximate surface area is 90.9 Å². The molecule has 0 aromatic rings. The number of nitrogens with one attached hydrogen (secondary N) is 1. The van der Waals surface area contributed by atoms with Crippen molar-refractivity contribution in [2.75, 3.05) is 6.61 Å². The van der Waals surface area contributed by atoms with Gasteiger partial charge in [0, 0.05) is 5.92 Å². The fraction of sp³-hybridized carbons (Fsp3) is 0.636. The molecule has 1 N–H and O–H groups in total. The van der Waals surface area contributed by atoms with Crippen LogP contribution in [0.4, 0.5) is 0 Å². The third-order valence-corrected chi connectivity index (χ3v) is 2.70. The largest absolute Gasteiger partial charge is 0.492 e. The third kappa shape index (κ3) is 2.98. The van der Waals surface area contributed by atoms with Crippen molar-refractivity contribution >= 4 is 11.9 Å². The molecule has 0 aromatic heterocycles. The molecule has 0 radical (unpaired) electrons. The number of ether oxygens (including phenoxy) is 1. The van der Waals surface area contributed by atoms with Gasteiger partial charge >= 0.3 is 0 Å². The van der Waals surface area contributed by atoms with Gasteiger partial charge in [0.15, 0.2) is 0 Å². The van der Waals surface area contributed by atoms with Crippen LogP contribution in [-0.4, -0.2) is 6.61 Å². The zero-order chi connectivity index (χ0) is 10.6. The lowest BCUT2D eigenvalue weighted by Gasteiger charge is -2.22. The first-order valence-corrected chi connectivity index (χ1v) is 5.94. The second kappa shape index (κ2) is 5.35. The summed E-state index contributed by atoms with van der Waals surface area (Å²) in [7, 11) is 0. The maximum Gasteiger partial charge on any atom is 0.119 e. The molecule has 1 aliphatic heterocycles. The lowest BCUT2D eigenvalue weighted by Crippen LogP contribution is -2.18. The Bertz CT molecular complexity index is 220. The van der Waals surface area contributed by atoms with E-state index in [0.29, 0.717) is 18.4 Å². The number of rotatable bonds is 2. The minimum atomic E-state index is 0.437. The van der Waals surface area contributed by atoms with E-state index in [1.165, 1.54) is 5.70 Å². The second-order valence-electron chi connectivity index (χ2n) is 3.99. The number of hydrogen-bond acceptors (Lipinski definition) is 3. The van der Waals surface area contributed by atoms with Gasteiger partial charge in [0.1, 0.15) is 12.4 Å². The fourth-order valence-corrected chi connectivity index (χ4v) is 2.04. The van der Waals surface area contributed by atoms with Gasteiger partial charge in [-0.2, -0.15) is 0 Å². The first-order valence-electron chi connectivity index (χ1n) is 5.06.